The van der Waals surface area contributed by atoms with Crippen LogP contribution in [0.1, 0.15) is 36.1 Å². The Bertz CT molecular complexity index is 977. The van der Waals surface area contributed by atoms with E-state index in [1.54, 1.807) is 12.3 Å². The molecule has 6 nitrogen and oxygen atoms in total. The molecule has 3 aromatic heterocycles. The number of fused-ring (bicyclic) bond motifs is 1. The summed E-state index contributed by atoms with van der Waals surface area (Å²) in [6.07, 6.45) is -1.58. The lowest BCUT2D eigenvalue weighted by atomic mass is 10.1. The van der Waals surface area contributed by atoms with Crippen LogP contribution in [0.2, 0.25) is 0 Å². The molecule has 1 unspecified atom stereocenters. The van der Waals surface area contributed by atoms with Gasteiger partial charge in [-0.15, -0.1) is 0 Å². The average molecular weight is 394 g/mol. The van der Waals surface area contributed by atoms with Crippen molar-refractivity contribution >= 4 is 16.9 Å². The number of nitrogens with one attached hydrogen (secondary N) is 1. The van der Waals surface area contributed by atoms with Crippen LogP contribution >= 0.6 is 0 Å². The molecule has 3 rings (SSSR count). The fourth-order valence-corrected chi connectivity index (χ4v) is 3.15. The van der Waals surface area contributed by atoms with Crippen LogP contribution in [0.4, 0.5) is 13.2 Å². The number of carbonyl (C=O) groups is 1. The summed E-state index contributed by atoms with van der Waals surface area (Å²) in [6, 6.07) is 4.53. The minimum Gasteiger partial charge on any atom is -0.469 e. The summed E-state index contributed by atoms with van der Waals surface area (Å²) >= 11 is 0. The Labute approximate surface area is 159 Å². The van der Waals surface area contributed by atoms with E-state index in [0.29, 0.717) is 12.8 Å². The Morgan fingerprint density at radius 2 is 2.11 bits per heavy atom. The fourth-order valence-electron chi connectivity index (χ4n) is 3.15. The van der Waals surface area contributed by atoms with Crippen LogP contribution in [0.15, 0.2) is 28.9 Å². The smallest absolute Gasteiger partial charge is 0.417 e. The zero-order valence-electron chi connectivity index (χ0n) is 15.8. The van der Waals surface area contributed by atoms with E-state index in [1.807, 2.05) is 13.0 Å². The summed E-state index contributed by atoms with van der Waals surface area (Å²) in [6.45, 7) is 4.62. The van der Waals surface area contributed by atoms with Gasteiger partial charge in [-0.2, -0.15) is 18.3 Å². The minimum atomic E-state index is -4.52. The first-order valence-electron chi connectivity index (χ1n) is 8.89. The number of hydrogen-bond acceptors (Lipinski definition) is 4. The number of amides is 1. The van der Waals surface area contributed by atoms with Gasteiger partial charge in [0.15, 0.2) is 5.65 Å². The molecule has 0 bridgehead atoms. The van der Waals surface area contributed by atoms with Crippen molar-refractivity contribution in [2.24, 2.45) is 0 Å². The van der Waals surface area contributed by atoms with E-state index in [1.165, 1.54) is 18.5 Å². The molecule has 0 fully saturated rings. The lowest BCUT2D eigenvalue weighted by Crippen LogP contribution is -2.35. The summed E-state index contributed by atoms with van der Waals surface area (Å²) < 4.78 is 46.6. The first kappa shape index (κ1) is 19.9. The summed E-state index contributed by atoms with van der Waals surface area (Å²) in [5.74, 6) is 0.488. The third kappa shape index (κ3) is 4.35. The Morgan fingerprint density at radius 3 is 2.75 bits per heavy atom. The predicted molar refractivity (Wildman–Crippen MR) is 96.6 cm³/mol. The topological polar surface area (TPSA) is 73.0 Å². The maximum atomic E-state index is 13.4. The lowest BCUT2D eigenvalue weighted by molar-refractivity contribution is -0.136. The van der Waals surface area contributed by atoms with Crippen molar-refractivity contribution in [2.45, 2.75) is 52.4 Å². The maximum absolute atomic E-state index is 13.4. The van der Waals surface area contributed by atoms with Crippen LogP contribution in [0, 0.1) is 13.8 Å². The van der Waals surface area contributed by atoms with Crippen LogP contribution in [0.5, 0.6) is 0 Å². The Balaban J connectivity index is 1.75. The van der Waals surface area contributed by atoms with E-state index < -0.39 is 11.7 Å². The Kier molecular flexibility index (Phi) is 5.44. The molecule has 1 amide bonds. The second-order valence-electron chi connectivity index (χ2n) is 6.84. The number of pyridine rings is 1. The molecule has 3 aromatic rings. The fraction of sp³-hybridized carbons (Fsp3) is 0.421. The second-order valence-corrected chi connectivity index (χ2v) is 6.84. The molecule has 1 N–H and O–H groups in total. The van der Waals surface area contributed by atoms with Crippen LogP contribution < -0.4 is 5.32 Å². The number of carbonyl (C=O) groups excluding carboxylic acids is 1. The molecule has 1 atom stereocenters. The normalized spacial score (nSPS) is 13.1. The van der Waals surface area contributed by atoms with Crippen molar-refractivity contribution in [3.8, 4) is 0 Å². The van der Waals surface area contributed by atoms with Crippen molar-refractivity contribution in [3.63, 3.8) is 0 Å². The summed E-state index contributed by atoms with van der Waals surface area (Å²) in [7, 11) is 0. The molecular weight excluding hydrogens is 373 g/mol. The zero-order valence-corrected chi connectivity index (χ0v) is 15.8. The van der Waals surface area contributed by atoms with Crippen molar-refractivity contribution in [1.29, 1.82) is 0 Å². The van der Waals surface area contributed by atoms with Crippen molar-refractivity contribution < 1.29 is 22.4 Å². The van der Waals surface area contributed by atoms with Gasteiger partial charge in [0.25, 0.3) is 0 Å². The van der Waals surface area contributed by atoms with Gasteiger partial charge < -0.3 is 9.73 Å². The first-order valence-corrected chi connectivity index (χ1v) is 8.89. The Morgan fingerprint density at radius 1 is 1.36 bits per heavy atom. The van der Waals surface area contributed by atoms with Crippen LogP contribution in [-0.4, -0.2) is 26.7 Å². The number of alkyl halides is 3. The standard InChI is InChI=1S/C19H21F3N4O2/c1-11(6-7-14-5-4-8-28-14)23-16(27)10-26-18-17(13(3)25-26)15(19(20,21)22)9-12(2)24-18/h4-5,8-9,11H,6-7,10H2,1-3H3,(H,23,27). The van der Waals surface area contributed by atoms with Gasteiger partial charge in [0.1, 0.15) is 12.3 Å². The number of furan rings is 1. The van der Waals surface area contributed by atoms with Gasteiger partial charge in [0.05, 0.1) is 22.9 Å². The number of aryl methyl sites for hydroxylation is 3. The van der Waals surface area contributed by atoms with E-state index in [4.69, 9.17) is 4.42 Å². The van der Waals surface area contributed by atoms with Crippen LogP contribution in [0.25, 0.3) is 11.0 Å². The molecule has 0 aliphatic carbocycles. The van der Waals surface area contributed by atoms with Gasteiger partial charge in [-0.25, -0.2) is 9.67 Å². The highest BCUT2D eigenvalue weighted by molar-refractivity contribution is 5.85. The highest BCUT2D eigenvalue weighted by Gasteiger charge is 2.35. The molecule has 0 spiro atoms. The molecule has 0 aliphatic heterocycles. The first-order chi connectivity index (χ1) is 13.1. The number of hydrogen-bond donors (Lipinski definition) is 1. The van der Waals surface area contributed by atoms with Crippen molar-refractivity contribution in [1.82, 2.24) is 20.1 Å². The molecule has 0 aromatic carbocycles. The largest absolute Gasteiger partial charge is 0.469 e. The molecule has 0 radical (unpaired) electrons. The molecule has 150 valence electrons. The SMILES string of the molecule is Cc1cc(C(F)(F)F)c2c(C)nn(CC(=O)NC(C)CCc3ccco3)c2n1. The summed E-state index contributed by atoms with van der Waals surface area (Å²) in [5.41, 5.74) is -0.323. The summed E-state index contributed by atoms with van der Waals surface area (Å²) in [5, 5.41) is 6.88. The Hall–Kier alpha value is -2.84. The number of halogens is 3. The molecular formula is C19H21F3N4O2. The molecule has 0 saturated carbocycles. The quantitative estimate of drug-likeness (QED) is 0.690. The third-order valence-corrected chi connectivity index (χ3v) is 4.42. The highest BCUT2D eigenvalue weighted by Crippen LogP contribution is 2.36. The van der Waals surface area contributed by atoms with Crippen molar-refractivity contribution in [3.05, 3.63) is 47.2 Å². The second kappa shape index (κ2) is 7.65. The van der Waals surface area contributed by atoms with Crippen LogP contribution in [-0.2, 0) is 23.9 Å². The number of rotatable bonds is 6. The van der Waals surface area contributed by atoms with E-state index in [0.717, 1.165) is 11.8 Å². The monoisotopic (exact) mass is 394 g/mol. The van der Waals surface area contributed by atoms with Gasteiger partial charge in [0, 0.05) is 18.2 Å². The maximum Gasteiger partial charge on any atom is 0.417 e. The number of aromatic nitrogens is 3. The summed E-state index contributed by atoms with van der Waals surface area (Å²) in [4.78, 5) is 16.5. The van der Waals surface area contributed by atoms with Gasteiger partial charge in [-0.05, 0) is 45.4 Å². The zero-order chi connectivity index (χ0) is 20.5. The van der Waals surface area contributed by atoms with Gasteiger partial charge in [0.2, 0.25) is 5.91 Å². The van der Waals surface area contributed by atoms with Crippen molar-refractivity contribution in [2.75, 3.05) is 0 Å². The average Bonchev–Trinajstić information content (AvgIpc) is 3.20. The van der Waals surface area contributed by atoms with Gasteiger partial charge >= 0.3 is 6.18 Å². The minimum absolute atomic E-state index is 0.0585. The molecule has 0 saturated heterocycles. The van der Waals surface area contributed by atoms with Crippen LogP contribution in [0.3, 0.4) is 0 Å². The van der Waals surface area contributed by atoms with Gasteiger partial charge in [-0.3, -0.25) is 4.79 Å². The lowest BCUT2D eigenvalue weighted by Gasteiger charge is -2.13. The molecule has 0 aliphatic rings. The predicted octanol–water partition coefficient (Wildman–Crippen LogP) is 3.80. The highest BCUT2D eigenvalue weighted by atomic mass is 19.4. The molecule has 3 heterocycles. The van der Waals surface area contributed by atoms with E-state index >= 15 is 0 Å². The van der Waals surface area contributed by atoms with Gasteiger partial charge in [-0.1, -0.05) is 0 Å². The third-order valence-electron chi connectivity index (χ3n) is 4.42. The molecule has 9 heteroatoms. The van der Waals surface area contributed by atoms with E-state index in [2.05, 4.69) is 15.4 Å². The molecule has 28 heavy (non-hydrogen) atoms. The number of nitrogens with zero attached hydrogens (tertiary/aromatic N) is 3. The van der Waals surface area contributed by atoms with E-state index in [9.17, 15) is 18.0 Å². The van der Waals surface area contributed by atoms with E-state index in [-0.39, 0.29) is 40.9 Å².